The van der Waals surface area contributed by atoms with E-state index in [4.69, 9.17) is 0 Å². The number of rotatable bonds is 9. The van der Waals surface area contributed by atoms with Crippen LogP contribution in [-0.2, 0) is 11.2 Å². The minimum Gasteiger partial charge on any atom is -0.338 e. The monoisotopic (exact) mass is 387 g/mol. The van der Waals surface area contributed by atoms with Crippen LogP contribution < -0.4 is 16.0 Å². The molecule has 3 N–H and O–H groups in total. The van der Waals surface area contributed by atoms with Gasteiger partial charge in [0.2, 0.25) is 5.91 Å². The van der Waals surface area contributed by atoms with Crippen molar-refractivity contribution in [3.63, 3.8) is 0 Å². The van der Waals surface area contributed by atoms with Crippen LogP contribution in [0.4, 0.5) is 4.79 Å². The number of carbonyl (C=O) groups excluding carboxylic acids is 2. The fraction of sp³-hybridized carbons (Fsp3) is 0.429. The average Bonchev–Trinajstić information content (AvgIpc) is 3.16. The Morgan fingerprint density at radius 2 is 1.85 bits per heavy atom. The van der Waals surface area contributed by atoms with Gasteiger partial charge in [-0.15, -0.1) is 11.3 Å². The predicted octanol–water partition coefficient (Wildman–Crippen LogP) is 3.86. The van der Waals surface area contributed by atoms with Crippen molar-refractivity contribution >= 4 is 23.3 Å². The first-order valence-corrected chi connectivity index (χ1v) is 10.3. The Morgan fingerprint density at radius 3 is 2.44 bits per heavy atom. The molecule has 0 saturated carbocycles. The van der Waals surface area contributed by atoms with Crippen LogP contribution in [0.1, 0.15) is 49.2 Å². The van der Waals surface area contributed by atoms with Gasteiger partial charge in [-0.1, -0.05) is 51.1 Å². The van der Waals surface area contributed by atoms with Crippen molar-refractivity contribution in [2.75, 3.05) is 13.1 Å². The lowest BCUT2D eigenvalue weighted by molar-refractivity contribution is -0.119. The molecule has 27 heavy (non-hydrogen) atoms. The van der Waals surface area contributed by atoms with Gasteiger partial charge in [0.1, 0.15) is 0 Å². The Kier molecular flexibility index (Phi) is 8.48. The molecule has 1 heterocycles. The van der Waals surface area contributed by atoms with Gasteiger partial charge in [0.25, 0.3) is 0 Å². The summed E-state index contributed by atoms with van der Waals surface area (Å²) in [6, 6.07) is 11.9. The van der Waals surface area contributed by atoms with Crippen molar-refractivity contribution in [3.05, 3.63) is 57.8 Å². The van der Waals surface area contributed by atoms with Crippen LogP contribution >= 0.6 is 11.3 Å². The minimum absolute atomic E-state index is 0.0652. The van der Waals surface area contributed by atoms with Crippen molar-refractivity contribution in [1.29, 1.82) is 0 Å². The Hall–Kier alpha value is -2.18. The Morgan fingerprint density at radius 1 is 1.11 bits per heavy atom. The average molecular weight is 388 g/mol. The highest BCUT2D eigenvalue weighted by atomic mass is 32.1. The van der Waals surface area contributed by atoms with Gasteiger partial charge in [-0.2, -0.15) is 0 Å². The molecule has 2 aromatic rings. The maximum atomic E-state index is 12.1. The topological polar surface area (TPSA) is 70.2 Å². The molecule has 1 aromatic carbocycles. The zero-order valence-electron chi connectivity index (χ0n) is 16.2. The van der Waals surface area contributed by atoms with Crippen LogP contribution in [-0.4, -0.2) is 25.0 Å². The molecular formula is C21H29N3O2S. The van der Waals surface area contributed by atoms with E-state index in [1.54, 1.807) is 11.3 Å². The summed E-state index contributed by atoms with van der Waals surface area (Å²) in [5.74, 6) is 0.164. The maximum Gasteiger partial charge on any atom is 0.321 e. The molecule has 0 fully saturated rings. The number of imide groups is 1. The third-order valence-electron chi connectivity index (χ3n) is 4.28. The smallest absolute Gasteiger partial charge is 0.321 e. The van der Waals surface area contributed by atoms with Gasteiger partial charge in [-0.25, -0.2) is 4.79 Å². The van der Waals surface area contributed by atoms with Crippen LogP contribution in [0, 0.1) is 5.92 Å². The highest BCUT2D eigenvalue weighted by Crippen LogP contribution is 2.26. The summed E-state index contributed by atoms with van der Waals surface area (Å²) >= 11 is 1.64. The van der Waals surface area contributed by atoms with E-state index in [9.17, 15) is 9.59 Å². The molecule has 146 valence electrons. The summed E-state index contributed by atoms with van der Waals surface area (Å²) in [4.78, 5) is 25.0. The van der Waals surface area contributed by atoms with E-state index in [-0.39, 0.29) is 18.5 Å². The second-order valence-corrected chi connectivity index (χ2v) is 7.89. The number of carbonyl (C=O) groups is 2. The van der Waals surface area contributed by atoms with Crippen molar-refractivity contribution in [3.8, 4) is 0 Å². The number of thiophene rings is 1. The molecule has 6 heteroatoms. The van der Waals surface area contributed by atoms with Gasteiger partial charge in [-0.05, 0) is 41.3 Å². The second kappa shape index (κ2) is 10.8. The van der Waals surface area contributed by atoms with E-state index in [2.05, 4.69) is 61.0 Å². The third kappa shape index (κ3) is 7.15. The quantitative estimate of drug-likeness (QED) is 0.612. The van der Waals surface area contributed by atoms with Crippen LogP contribution in [0.5, 0.6) is 0 Å². The Bertz CT molecular complexity index is 712. The van der Waals surface area contributed by atoms with Crippen LogP contribution in [0.15, 0.2) is 41.8 Å². The maximum absolute atomic E-state index is 12.1. The zero-order chi connectivity index (χ0) is 19.6. The van der Waals surface area contributed by atoms with E-state index in [1.165, 1.54) is 5.56 Å². The van der Waals surface area contributed by atoms with E-state index >= 15 is 0 Å². The normalized spacial score (nSPS) is 12.0. The molecule has 0 saturated heterocycles. The Labute approximate surface area is 165 Å². The summed E-state index contributed by atoms with van der Waals surface area (Å²) in [5.41, 5.74) is 2.38. The van der Waals surface area contributed by atoms with Gasteiger partial charge < -0.3 is 5.32 Å². The van der Waals surface area contributed by atoms with E-state index < -0.39 is 6.03 Å². The first-order chi connectivity index (χ1) is 13.0. The number of urea groups is 1. The SMILES string of the molecule is CCc1ccc([C@@H](NCC(=O)NC(=O)NCCC(C)C)c2cccs2)cc1. The van der Waals surface area contributed by atoms with Crippen LogP contribution in [0.2, 0.25) is 0 Å². The van der Waals surface area contributed by atoms with Gasteiger partial charge in [-0.3, -0.25) is 15.4 Å². The van der Waals surface area contributed by atoms with Crippen LogP contribution in [0.25, 0.3) is 0 Å². The number of nitrogens with one attached hydrogen (secondary N) is 3. The molecule has 5 nitrogen and oxygen atoms in total. The minimum atomic E-state index is -0.442. The second-order valence-electron chi connectivity index (χ2n) is 6.91. The number of aryl methyl sites for hydroxylation is 1. The number of amides is 3. The lowest BCUT2D eigenvalue weighted by atomic mass is 10.0. The van der Waals surface area contributed by atoms with Crippen molar-refractivity contribution < 1.29 is 9.59 Å². The first kappa shape index (κ1) is 21.1. The van der Waals surface area contributed by atoms with Gasteiger partial charge >= 0.3 is 6.03 Å². The summed E-state index contributed by atoms with van der Waals surface area (Å²) in [5, 5.41) is 10.4. The molecule has 2 rings (SSSR count). The number of hydrogen-bond acceptors (Lipinski definition) is 4. The van der Waals surface area contributed by atoms with E-state index in [0.29, 0.717) is 12.5 Å². The molecule has 1 aromatic heterocycles. The predicted molar refractivity (Wildman–Crippen MR) is 111 cm³/mol. The fourth-order valence-electron chi connectivity index (χ4n) is 2.67. The zero-order valence-corrected chi connectivity index (χ0v) is 17.1. The van der Waals surface area contributed by atoms with Crippen molar-refractivity contribution in [2.45, 2.75) is 39.7 Å². The summed E-state index contributed by atoms with van der Waals surface area (Å²) in [6.45, 7) is 6.93. The fourth-order valence-corrected chi connectivity index (χ4v) is 3.50. The molecule has 0 radical (unpaired) electrons. The van der Waals surface area contributed by atoms with Crippen molar-refractivity contribution in [2.24, 2.45) is 5.92 Å². The third-order valence-corrected chi connectivity index (χ3v) is 5.21. The number of hydrogen-bond donors (Lipinski definition) is 3. The lowest BCUT2D eigenvalue weighted by Gasteiger charge is -2.18. The van der Waals surface area contributed by atoms with Gasteiger partial charge in [0.05, 0.1) is 12.6 Å². The molecule has 0 aliphatic heterocycles. The summed E-state index contributed by atoms with van der Waals surface area (Å²) in [7, 11) is 0. The highest BCUT2D eigenvalue weighted by Gasteiger charge is 2.17. The number of benzene rings is 1. The summed E-state index contributed by atoms with van der Waals surface area (Å²) in [6.07, 6.45) is 1.87. The first-order valence-electron chi connectivity index (χ1n) is 9.43. The highest BCUT2D eigenvalue weighted by molar-refractivity contribution is 7.10. The molecule has 1 atom stereocenters. The van der Waals surface area contributed by atoms with Gasteiger partial charge in [0, 0.05) is 11.4 Å². The van der Waals surface area contributed by atoms with Gasteiger partial charge in [0.15, 0.2) is 0 Å². The molecule has 0 bridgehead atoms. The molecule has 0 aliphatic carbocycles. The lowest BCUT2D eigenvalue weighted by Crippen LogP contribution is -2.44. The molecule has 0 spiro atoms. The molecular weight excluding hydrogens is 358 g/mol. The van der Waals surface area contributed by atoms with E-state index in [0.717, 1.165) is 23.3 Å². The molecule has 3 amide bonds. The Balaban J connectivity index is 1.92. The largest absolute Gasteiger partial charge is 0.338 e. The van der Waals surface area contributed by atoms with E-state index in [1.807, 2.05) is 17.5 Å². The molecule has 0 aliphatic rings. The molecule has 0 unspecified atom stereocenters. The van der Waals surface area contributed by atoms with Crippen LogP contribution in [0.3, 0.4) is 0 Å². The summed E-state index contributed by atoms with van der Waals surface area (Å²) < 4.78 is 0. The van der Waals surface area contributed by atoms with Crippen molar-refractivity contribution in [1.82, 2.24) is 16.0 Å². The standard InChI is InChI=1S/C21H29N3O2S/c1-4-16-7-9-17(10-8-16)20(18-6-5-13-27-18)23-14-19(25)24-21(26)22-12-11-15(2)3/h5-10,13,15,20,23H,4,11-12,14H2,1-3H3,(H2,22,24,25,26)/t20-/m1/s1.